The third-order valence-electron chi connectivity index (χ3n) is 3.68. The minimum absolute atomic E-state index is 0.00612. The van der Waals surface area contributed by atoms with Crippen LogP contribution in [-0.4, -0.2) is 23.0 Å². The van der Waals surface area contributed by atoms with Crippen molar-refractivity contribution in [2.24, 2.45) is 22.2 Å². The minimum atomic E-state index is -0.510. The molecule has 1 rings (SSSR count). The summed E-state index contributed by atoms with van der Waals surface area (Å²) >= 11 is 0. The molecular weight excluding hydrogens is 230 g/mol. The molecule has 0 heterocycles. The van der Waals surface area contributed by atoms with E-state index < -0.39 is 5.92 Å². The molecule has 5 heteroatoms. The minimum Gasteiger partial charge on any atom is -0.409 e. The topological polar surface area (TPSA) is 87.7 Å². The van der Waals surface area contributed by atoms with Crippen LogP contribution in [0.1, 0.15) is 52.9 Å². The molecule has 1 amide bonds. The molecule has 0 radical (unpaired) electrons. The molecule has 1 aliphatic rings. The largest absolute Gasteiger partial charge is 0.409 e. The molecular formula is C13H25N3O2. The number of nitrogens with two attached hydrogens (primary N) is 1. The summed E-state index contributed by atoms with van der Waals surface area (Å²) in [4.78, 5) is 12.1. The molecule has 5 nitrogen and oxygen atoms in total. The Morgan fingerprint density at radius 3 is 2.72 bits per heavy atom. The van der Waals surface area contributed by atoms with Gasteiger partial charge in [0.15, 0.2) is 5.84 Å². The molecule has 1 aliphatic carbocycles. The van der Waals surface area contributed by atoms with Crippen LogP contribution in [-0.2, 0) is 4.79 Å². The van der Waals surface area contributed by atoms with Crippen molar-refractivity contribution in [1.29, 1.82) is 0 Å². The molecule has 0 aromatic rings. The molecule has 1 saturated carbocycles. The van der Waals surface area contributed by atoms with Gasteiger partial charge in [0.05, 0.1) is 5.92 Å². The molecule has 0 aromatic heterocycles. The van der Waals surface area contributed by atoms with Gasteiger partial charge in [-0.05, 0) is 31.1 Å². The first-order chi connectivity index (χ1) is 8.39. The molecule has 1 fully saturated rings. The number of carbonyl (C=O) groups excluding carboxylic acids is 1. The van der Waals surface area contributed by atoms with E-state index in [4.69, 9.17) is 10.9 Å². The molecule has 0 aromatic carbocycles. The van der Waals surface area contributed by atoms with Gasteiger partial charge < -0.3 is 16.3 Å². The normalized spacial score (nSPS) is 24.8. The van der Waals surface area contributed by atoms with Crippen molar-refractivity contribution in [2.45, 2.75) is 58.9 Å². The number of amidine groups is 1. The molecule has 0 spiro atoms. The number of amides is 1. The summed E-state index contributed by atoms with van der Waals surface area (Å²) in [6.07, 6.45) is 4.56. The van der Waals surface area contributed by atoms with Crippen molar-refractivity contribution < 1.29 is 10.0 Å². The van der Waals surface area contributed by atoms with E-state index in [0.717, 1.165) is 25.7 Å². The maximum atomic E-state index is 12.1. The molecule has 2 atom stereocenters. The van der Waals surface area contributed by atoms with Crippen LogP contribution in [0.2, 0.25) is 0 Å². The second-order valence-corrected chi connectivity index (χ2v) is 5.98. The van der Waals surface area contributed by atoms with E-state index in [1.165, 1.54) is 0 Å². The van der Waals surface area contributed by atoms with Crippen LogP contribution >= 0.6 is 0 Å². The zero-order valence-corrected chi connectivity index (χ0v) is 11.6. The number of oxime groups is 1. The van der Waals surface area contributed by atoms with Crippen LogP contribution in [0.25, 0.3) is 0 Å². The third-order valence-corrected chi connectivity index (χ3v) is 3.68. The highest BCUT2D eigenvalue weighted by Gasteiger charge is 2.33. The summed E-state index contributed by atoms with van der Waals surface area (Å²) in [7, 11) is 0. The SMILES string of the molecule is CCCC(C(=O)NC1CCC(C)(C)C1)C(N)=NO. The summed E-state index contributed by atoms with van der Waals surface area (Å²) in [5, 5.41) is 14.7. The molecule has 18 heavy (non-hydrogen) atoms. The van der Waals surface area contributed by atoms with Crippen molar-refractivity contribution >= 4 is 11.7 Å². The van der Waals surface area contributed by atoms with Gasteiger partial charge in [-0.2, -0.15) is 0 Å². The van der Waals surface area contributed by atoms with Gasteiger partial charge >= 0.3 is 0 Å². The lowest BCUT2D eigenvalue weighted by Gasteiger charge is -2.20. The van der Waals surface area contributed by atoms with Gasteiger partial charge in [-0.15, -0.1) is 0 Å². The second-order valence-electron chi connectivity index (χ2n) is 5.98. The van der Waals surface area contributed by atoms with Gasteiger partial charge in [0.25, 0.3) is 0 Å². The Balaban J connectivity index is 2.57. The third kappa shape index (κ3) is 3.89. The zero-order chi connectivity index (χ0) is 13.8. The quantitative estimate of drug-likeness (QED) is 0.303. The Morgan fingerprint density at radius 2 is 2.28 bits per heavy atom. The van der Waals surface area contributed by atoms with Crippen LogP contribution in [0.15, 0.2) is 5.16 Å². The Kier molecular flexibility index (Phi) is 4.99. The molecule has 0 aliphatic heterocycles. The number of nitrogens with zero attached hydrogens (tertiary/aromatic N) is 1. The van der Waals surface area contributed by atoms with Gasteiger partial charge in [-0.3, -0.25) is 4.79 Å². The van der Waals surface area contributed by atoms with Crippen molar-refractivity contribution in [3.63, 3.8) is 0 Å². The van der Waals surface area contributed by atoms with Crippen LogP contribution < -0.4 is 11.1 Å². The summed E-state index contributed by atoms with van der Waals surface area (Å²) < 4.78 is 0. The lowest BCUT2D eigenvalue weighted by atomic mass is 9.91. The van der Waals surface area contributed by atoms with E-state index in [1.54, 1.807) is 0 Å². The van der Waals surface area contributed by atoms with E-state index in [0.29, 0.717) is 11.8 Å². The number of carbonyl (C=O) groups is 1. The van der Waals surface area contributed by atoms with Gasteiger partial charge in [0, 0.05) is 6.04 Å². The summed E-state index contributed by atoms with van der Waals surface area (Å²) in [6, 6.07) is 0.221. The summed E-state index contributed by atoms with van der Waals surface area (Å²) in [5.41, 5.74) is 5.87. The maximum Gasteiger partial charge on any atom is 0.231 e. The fourth-order valence-corrected chi connectivity index (χ4v) is 2.63. The Bertz CT molecular complexity index is 326. The van der Waals surface area contributed by atoms with Crippen LogP contribution in [0.5, 0.6) is 0 Å². The Morgan fingerprint density at radius 1 is 1.61 bits per heavy atom. The smallest absolute Gasteiger partial charge is 0.231 e. The van der Waals surface area contributed by atoms with Gasteiger partial charge in [-0.25, -0.2) is 0 Å². The highest BCUT2D eigenvalue weighted by molar-refractivity contribution is 6.02. The molecule has 0 saturated heterocycles. The summed E-state index contributed by atoms with van der Waals surface area (Å²) in [5.74, 6) is -0.620. The van der Waals surface area contributed by atoms with Gasteiger partial charge in [0.2, 0.25) is 5.91 Å². The second kappa shape index (κ2) is 6.07. The summed E-state index contributed by atoms with van der Waals surface area (Å²) in [6.45, 7) is 6.40. The number of nitrogens with one attached hydrogen (secondary N) is 1. The monoisotopic (exact) mass is 255 g/mol. The van der Waals surface area contributed by atoms with E-state index in [1.807, 2.05) is 6.92 Å². The highest BCUT2D eigenvalue weighted by atomic mass is 16.4. The predicted molar refractivity (Wildman–Crippen MR) is 71.4 cm³/mol. The van der Waals surface area contributed by atoms with E-state index in [2.05, 4.69) is 24.3 Å². The average Bonchev–Trinajstić information content (AvgIpc) is 2.64. The number of rotatable bonds is 5. The fraction of sp³-hybridized carbons (Fsp3) is 0.846. The van der Waals surface area contributed by atoms with Crippen molar-refractivity contribution in [3.05, 3.63) is 0 Å². The molecule has 104 valence electrons. The highest BCUT2D eigenvalue weighted by Crippen LogP contribution is 2.37. The standard InChI is InChI=1S/C13H25N3O2/c1-4-5-10(11(14)16-18)12(17)15-9-6-7-13(2,3)8-9/h9-10,18H,4-8H2,1-3H3,(H2,14,16)(H,15,17). The predicted octanol–water partition coefficient (Wildman–Crippen LogP) is 1.84. The zero-order valence-electron chi connectivity index (χ0n) is 11.6. The first-order valence-electron chi connectivity index (χ1n) is 6.67. The van der Waals surface area contributed by atoms with Crippen molar-refractivity contribution in [3.8, 4) is 0 Å². The molecule has 4 N–H and O–H groups in total. The number of hydrogen-bond acceptors (Lipinski definition) is 3. The van der Waals surface area contributed by atoms with Gasteiger partial charge in [-0.1, -0.05) is 32.3 Å². The Hall–Kier alpha value is -1.26. The van der Waals surface area contributed by atoms with E-state index >= 15 is 0 Å². The number of hydrogen-bond donors (Lipinski definition) is 3. The lowest BCUT2D eigenvalue weighted by Crippen LogP contribution is -2.43. The lowest BCUT2D eigenvalue weighted by molar-refractivity contribution is -0.124. The van der Waals surface area contributed by atoms with Crippen LogP contribution in [0.4, 0.5) is 0 Å². The van der Waals surface area contributed by atoms with Crippen molar-refractivity contribution in [1.82, 2.24) is 5.32 Å². The first kappa shape index (κ1) is 14.8. The Labute approximate surface area is 109 Å². The van der Waals surface area contributed by atoms with E-state index in [-0.39, 0.29) is 17.8 Å². The fourth-order valence-electron chi connectivity index (χ4n) is 2.63. The maximum absolute atomic E-state index is 12.1. The average molecular weight is 255 g/mol. The van der Waals surface area contributed by atoms with E-state index in [9.17, 15) is 4.79 Å². The van der Waals surface area contributed by atoms with Crippen LogP contribution in [0.3, 0.4) is 0 Å². The van der Waals surface area contributed by atoms with Crippen molar-refractivity contribution in [2.75, 3.05) is 0 Å². The van der Waals surface area contributed by atoms with Gasteiger partial charge in [0.1, 0.15) is 0 Å². The first-order valence-corrected chi connectivity index (χ1v) is 6.67. The van der Waals surface area contributed by atoms with Crippen LogP contribution in [0, 0.1) is 11.3 Å². The molecule has 0 bridgehead atoms. The molecule has 2 unspecified atom stereocenters.